The van der Waals surface area contributed by atoms with Crippen LogP contribution in [0, 0.1) is 0 Å². The summed E-state index contributed by atoms with van der Waals surface area (Å²) in [5, 5.41) is 10.0. The van der Waals surface area contributed by atoms with Crippen LogP contribution >= 0.6 is 0 Å². The number of benzene rings is 1. The Morgan fingerprint density at radius 2 is 1.85 bits per heavy atom. The Kier molecular flexibility index (Phi) is 5.10. The van der Waals surface area contributed by atoms with Crippen LogP contribution in [0.5, 0.6) is 0 Å². The Labute approximate surface area is 113 Å². The molecule has 0 saturated heterocycles. The second-order valence-electron chi connectivity index (χ2n) is 4.13. The highest BCUT2D eigenvalue weighted by atomic mass is 19.3. The molecule has 1 rings (SSSR count). The number of aliphatic hydroxyl groups is 1. The van der Waals surface area contributed by atoms with Crippen molar-refractivity contribution in [2.45, 2.75) is 31.3 Å². The van der Waals surface area contributed by atoms with Crippen LogP contribution in [0.1, 0.15) is 18.9 Å². The number of ether oxygens (including phenoxy) is 1. The van der Waals surface area contributed by atoms with Gasteiger partial charge < -0.3 is 9.84 Å². The van der Waals surface area contributed by atoms with Gasteiger partial charge in [-0.3, -0.25) is 4.79 Å². The number of carbonyl (C=O) groups excluding carboxylic acids is 1. The summed E-state index contributed by atoms with van der Waals surface area (Å²) < 4.78 is 56.9. The van der Waals surface area contributed by atoms with E-state index in [1.165, 1.54) is 25.1 Å². The summed E-state index contributed by atoms with van der Waals surface area (Å²) in [6.07, 6.45) is -5.38. The Hall–Kier alpha value is -1.63. The van der Waals surface area contributed by atoms with Gasteiger partial charge in [0.1, 0.15) is 0 Å². The Morgan fingerprint density at radius 1 is 1.30 bits per heavy atom. The Bertz CT molecular complexity index is 450. The first-order valence-electron chi connectivity index (χ1n) is 5.85. The van der Waals surface area contributed by atoms with Gasteiger partial charge in [0.25, 0.3) is 0 Å². The molecule has 0 radical (unpaired) electrons. The molecule has 0 saturated carbocycles. The SMILES string of the molecule is CCOC(=O)C[C@@](O)(c1ccccc1)C(F)(F)C(F)F. The highest BCUT2D eigenvalue weighted by Gasteiger charge is 2.61. The van der Waals surface area contributed by atoms with Gasteiger partial charge in [-0.15, -0.1) is 0 Å². The monoisotopic (exact) mass is 294 g/mol. The van der Waals surface area contributed by atoms with Crippen molar-refractivity contribution >= 4 is 5.97 Å². The van der Waals surface area contributed by atoms with E-state index in [9.17, 15) is 27.5 Å². The maximum Gasteiger partial charge on any atom is 0.340 e. The van der Waals surface area contributed by atoms with Crippen molar-refractivity contribution in [2.24, 2.45) is 0 Å². The quantitative estimate of drug-likeness (QED) is 0.648. The van der Waals surface area contributed by atoms with Gasteiger partial charge in [0.05, 0.1) is 13.0 Å². The summed E-state index contributed by atoms with van der Waals surface area (Å²) in [5.74, 6) is -5.97. The zero-order valence-corrected chi connectivity index (χ0v) is 10.7. The Balaban J connectivity index is 3.23. The molecule has 0 fully saturated rings. The molecule has 0 aliphatic heterocycles. The largest absolute Gasteiger partial charge is 0.466 e. The normalized spacial score (nSPS) is 14.9. The van der Waals surface area contributed by atoms with Crippen molar-refractivity contribution in [3.8, 4) is 0 Å². The topological polar surface area (TPSA) is 46.5 Å². The molecule has 0 amide bonds. The molecular weight excluding hydrogens is 280 g/mol. The maximum atomic E-state index is 13.7. The highest BCUT2D eigenvalue weighted by Crippen LogP contribution is 2.44. The molecule has 112 valence electrons. The molecule has 20 heavy (non-hydrogen) atoms. The van der Waals surface area contributed by atoms with Crippen LogP contribution in [-0.2, 0) is 15.1 Å². The van der Waals surface area contributed by atoms with Crippen LogP contribution in [0.15, 0.2) is 30.3 Å². The van der Waals surface area contributed by atoms with E-state index in [1.54, 1.807) is 0 Å². The lowest BCUT2D eigenvalue weighted by molar-refractivity contribution is -0.252. The molecule has 3 nitrogen and oxygen atoms in total. The van der Waals surface area contributed by atoms with Crippen LogP contribution in [-0.4, -0.2) is 30.0 Å². The average molecular weight is 294 g/mol. The Morgan fingerprint density at radius 3 is 2.30 bits per heavy atom. The van der Waals surface area contributed by atoms with Crippen LogP contribution < -0.4 is 0 Å². The lowest BCUT2D eigenvalue weighted by Crippen LogP contribution is -2.51. The van der Waals surface area contributed by atoms with Crippen molar-refractivity contribution in [2.75, 3.05) is 6.61 Å². The van der Waals surface area contributed by atoms with E-state index in [2.05, 4.69) is 4.74 Å². The zero-order valence-electron chi connectivity index (χ0n) is 10.7. The summed E-state index contributed by atoms with van der Waals surface area (Å²) in [4.78, 5) is 11.3. The molecule has 1 aromatic rings. The molecule has 1 atom stereocenters. The van der Waals surface area contributed by atoms with Crippen LogP contribution in [0.3, 0.4) is 0 Å². The van der Waals surface area contributed by atoms with Crippen molar-refractivity contribution in [1.82, 2.24) is 0 Å². The molecule has 1 aromatic carbocycles. The van der Waals surface area contributed by atoms with E-state index in [-0.39, 0.29) is 6.61 Å². The molecule has 0 aliphatic rings. The van der Waals surface area contributed by atoms with E-state index >= 15 is 0 Å². The number of rotatable bonds is 6. The number of carbonyl (C=O) groups is 1. The minimum absolute atomic E-state index is 0.107. The fraction of sp³-hybridized carbons (Fsp3) is 0.462. The number of alkyl halides is 4. The van der Waals surface area contributed by atoms with Gasteiger partial charge in [0.2, 0.25) is 0 Å². The van der Waals surface area contributed by atoms with Crippen LogP contribution in [0.4, 0.5) is 17.6 Å². The summed E-state index contributed by atoms with van der Waals surface area (Å²) in [6, 6.07) is 6.17. The predicted octanol–water partition coefficient (Wildman–Crippen LogP) is 2.73. The number of halogens is 4. The van der Waals surface area contributed by atoms with Gasteiger partial charge in [-0.2, -0.15) is 8.78 Å². The average Bonchev–Trinajstić information content (AvgIpc) is 2.39. The van der Waals surface area contributed by atoms with Crippen molar-refractivity contribution in [1.29, 1.82) is 0 Å². The van der Waals surface area contributed by atoms with Crippen molar-refractivity contribution < 1.29 is 32.2 Å². The minimum atomic E-state index is -4.79. The molecule has 0 unspecified atom stereocenters. The van der Waals surface area contributed by atoms with Gasteiger partial charge in [-0.1, -0.05) is 30.3 Å². The summed E-state index contributed by atoms with van der Waals surface area (Å²) in [5.41, 5.74) is -3.80. The first-order valence-corrected chi connectivity index (χ1v) is 5.85. The molecule has 0 heterocycles. The third-order valence-electron chi connectivity index (χ3n) is 2.78. The zero-order chi connectivity index (χ0) is 15.4. The van der Waals surface area contributed by atoms with Gasteiger partial charge in [0, 0.05) is 0 Å². The van der Waals surface area contributed by atoms with E-state index in [0.29, 0.717) is 0 Å². The van der Waals surface area contributed by atoms with Crippen LogP contribution in [0.25, 0.3) is 0 Å². The van der Waals surface area contributed by atoms with Crippen molar-refractivity contribution in [3.05, 3.63) is 35.9 Å². The number of esters is 1. The van der Waals surface area contributed by atoms with E-state index in [1.807, 2.05) is 0 Å². The maximum absolute atomic E-state index is 13.7. The molecule has 0 aliphatic carbocycles. The number of hydrogen-bond donors (Lipinski definition) is 1. The molecular formula is C13H14F4O3. The number of hydrogen-bond acceptors (Lipinski definition) is 3. The summed E-state index contributed by atoms with van der Waals surface area (Å²) >= 11 is 0. The molecule has 0 aromatic heterocycles. The lowest BCUT2D eigenvalue weighted by Gasteiger charge is -2.34. The third kappa shape index (κ3) is 3.09. The third-order valence-corrected chi connectivity index (χ3v) is 2.78. The second-order valence-corrected chi connectivity index (χ2v) is 4.13. The van der Waals surface area contributed by atoms with Gasteiger partial charge in [-0.25, -0.2) is 8.78 Å². The molecule has 0 bridgehead atoms. The van der Waals surface area contributed by atoms with Gasteiger partial charge >= 0.3 is 18.3 Å². The molecule has 0 spiro atoms. The van der Waals surface area contributed by atoms with Gasteiger partial charge in [-0.05, 0) is 12.5 Å². The van der Waals surface area contributed by atoms with E-state index in [4.69, 9.17) is 0 Å². The predicted molar refractivity (Wildman–Crippen MR) is 62.5 cm³/mol. The minimum Gasteiger partial charge on any atom is -0.466 e. The van der Waals surface area contributed by atoms with Crippen LogP contribution in [0.2, 0.25) is 0 Å². The summed E-state index contributed by atoms with van der Waals surface area (Å²) in [7, 11) is 0. The standard InChI is InChI=1S/C13H14F4O3/c1-2-20-10(18)8-12(19,13(16,17)11(14)15)9-6-4-3-5-7-9/h3-7,11,19H,2,8H2,1H3/t12-/m1/s1. The van der Waals surface area contributed by atoms with Gasteiger partial charge in [0.15, 0.2) is 5.60 Å². The second kappa shape index (κ2) is 6.21. The van der Waals surface area contributed by atoms with E-state index < -0.39 is 35.9 Å². The fourth-order valence-electron chi connectivity index (χ4n) is 1.73. The first-order chi connectivity index (χ1) is 9.25. The van der Waals surface area contributed by atoms with E-state index in [0.717, 1.165) is 12.1 Å². The molecule has 1 N–H and O–H groups in total. The summed E-state index contributed by atoms with van der Waals surface area (Å²) in [6.45, 7) is 1.33. The first kappa shape index (κ1) is 16.4. The molecule has 7 heteroatoms. The highest BCUT2D eigenvalue weighted by molar-refractivity contribution is 5.71. The lowest BCUT2D eigenvalue weighted by atomic mass is 9.84. The fourth-order valence-corrected chi connectivity index (χ4v) is 1.73. The smallest absolute Gasteiger partial charge is 0.340 e. The van der Waals surface area contributed by atoms with Crippen molar-refractivity contribution in [3.63, 3.8) is 0 Å².